The number of nitrogens with zero attached hydrogens (tertiary/aromatic N) is 1. The van der Waals surface area contributed by atoms with Crippen molar-refractivity contribution in [2.45, 2.75) is 18.8 Å². The van der Waals surface area contributed by atoms with Crippen LogP contribution in [-0.2, 0) is 11.2 Å². The van der Waals surface area contributed by atoms with Crippen LogP contribution in [0, 0.1) is 5.92 Å². The second-order valence-corrected chi connectivity index (χ2v) is 7.20. The summed E-state index contributed by atoms with van der Waals surface area (Å²) in [6.07, 6.45) is 1.99. The van der Waals surface area contributed by atoms with Gasteiger partial charge in [-0.1, -0.05) is 18.2 Å². The Morgan fingerprint density at radius 1 is 1.11 bits per heavy atom. The number of aliphatic carboxylic acids is 1. The maximum Gasteiger partial charge on any atom is 0.317 e. The van der Waals surface area contributed by atoms with E-state index in [1.807, 2.05) is 30.1 Å². The highest BCUT2D eigenvalue weighted by Gasteiger charge is 2.32. The molecule has 27 heavy (non-hydrogen) atoms. The van der Waals surface area contributed by atoms with E-state index in [2.05, 4.69) is 24.3 Å². The highest BCUT2D eigenvalue weighted by Crippen LogP contribution is 2.42. The van der Waals surface area contributed by atoms with Gasteiger partial charge in [0.2, 0.25) is 0 Å². The maximum absolute atomic E-state index is 11.1. The molecule has 2 aromatic rings. The van der Waals surface area contributed by atoms with E-state index in [-0.39, 0.29) is 12.5 Å². The molecule has 0 amide bonds. The smallest absolute Gasteiger partial charge is 0.317 e. The van der Waals surface area contributed by atoms with Crippen LogP contribution in [0.5, 0.6) is 11.5 Å². The van der Waals surface area contributed by atoms with Gasteiger partial charge in [-0.15, -0.1) is 0 Å². The summed E-state index contributed by atoms with van der Waals surface area (Å²) >= 11 is 0. The molecule has 0 heterocycles. The van der Waals surface area contributed by atoms with E-state index in [1.165, 1.54) is 16.7 Å². The molecular weight excluding hydrogens is 342 g/mol. The first kappa shape index (κ1) is 19.2. The van der Waals surface area contributed by atoms with Gasteiger partial charge in [0.15, 0.2) is 0 Å². The lowest BCUT2D eigenvalue weighted by Crippen LogP contribution is -2.35. The fraction of sp³-hybridized carbons (Fsp3) is 0.409. The number of carbonyl (C=O) groups is 1. The molecule has 5 heteroatoms. The summed E-state index contributed by atoms with van der Waals surface area (Å²) in [5.74, 6) is 1.50. The van der Waals surface area contributed by atoms with Gasteiger partial charge in [0.25, 0.3) is 0 Å². The van der Waals surface area contributed by atoms with Gasteiger partial charge in [-0.3, -0.25) is 9.69 Å². The van der Waals surface area contributed by atoms with E-state index in [9.17, 15) is 4.79 Å². The van der Waals surface area contributed by atoms with Crippen molar-refractivity contribution in [2.75, 3.05) is 34.4 Å². The number of methoxy groups -OCH3 is 2. The number of carboxylic acid groups (broad SMARTS) is 1. The molecule has 1 aliphatic rings. The molecule has 0 fully saturated rings. The van der Waals surface area contributed by atoms with Crippen LogP contribution >= 0.6 is 0 Å². The summed E-state index contributed by atoms with van der Waals surface area (Å²) in [4.78, 5) is 13.0. The third-order valence-corrected chi connectivity index (χ3v) is 5.37. The Balaban J connectivity index is 1.95. The molecule has 0 radical (unpaired) electrons. The zero-order valence-corrected chi connectivity index (χ0v) is 16.1. The molecular formula is C22H27NO4. The first-order chi connectivity index (χ1) is 13.0. The Bertz CT molecular complexity index is 787. The molecule has 0 saturated heterocycles. The van der Waals surface area contributed by atoms with Crippen molar-refractivity contribution < 1.29 is 19.4 Å². The molecule has 2 atom stereocenters. The average molecular weight is 369 g/mol. The monoisotopic (exact) mass is 369 g/mol. The molecule has 0 bridgehead atoms. The Kier molecular flexibility index (Phi) is 6.01. The van der Waals surface area contributed by atoms with Crippen LogP contribution in [0.15, 0.2) is 42.5 Å². The highest BCUT2D eigenvalue weighted by atomic mass is 16.5. The van der Waals surface area contributed by atoms with Gasteiger partial charge < -0.3 is 14.6 Å². The average Bonchev–Trinajstić information content (AvgIpc) is 2.67. The highest BCUT2D eigenvalue weighted by molar-refractivity contribution is 5.69. The molecule has 1 N–H and O–H groups in total. The van der Waals surface area contributed by atoms with Crippen molar-refractivity contribution in [3.05, 3.63) is 59.2 Å². The number of ether oxygens (including phenoxy) is 2. The molecule has 3 rings (SSSR count). The van der Waals surface area contributed by atoms with Crippen molar-refractivity contribution in [1.82, 2.24) is 4.90 Å². The van der Waals surface area contributed by atoms with E-state index in [0.717, 1.165) is 30.9 Å². The molecule has 0 saturated carbocycles. The first-order valence-electron chi connectivity index (χ1n) is 9.23. The van der Waals surface area contributed by atoms with E-state index < -0.39 is 5.97 Å². The number of hydrogen-bond acceptors (Lipinski definition) is 4. The van der Waals surface area contributed by atoms with Gasteiger partial charge in [0.05, 0.1) is 20.8 Å². The number of aryl methyl sites for hydroxylation is 1. The summed E-state index contributed by atoms with van der Waals surface area (Å²) in [6.45, 7) is 0.801. The number of likely N-dealkylation sites (N-methyl/N-ethyl adjacent to an activating group) is 1. The predicted molar refractivity (Wildman–Crippen MR) is 105 cm³/mol. The second-order valence-electron chi connectivity index (χ2n) is 7.20. The van der Waals surface area contributed by atoms with Gasteiger partial charge in [0.1, 0.15) is 11.5 Å². The quantitative estimate of drug-likeness (QED) is 0.810. The van der Waals surface area contributed by atoms with Crippen molar-refractivity contribution in [3.8, 4) is 11.5 Å². The number of carboxylic acids is 1. The summed E-state index contributed by atoms with van der Waals surface area (Å²) < 4.78 is 10.7. The van der Waals surface area contributed by atoms with Crippen molar-refractivity contribution in [1.29, 1.82) is 0 Å². The molecule has 5 nitrogen and oxygen atoms in total. The number of fused-ring (bicyclic) bond motifs is 1. The summed E-state index contributed by atoms with van der Waals surface area (Å²) in [5, 5.41) is 9.10. The topological polar surface area (TPSA) is 59.0 Å². The van der Waals surface area contributed by atoms with Crippen LogP contribution in [0.25, 0.3) is 0 Å². The molecule has 0 unspecified atom stereocenters. The van der Waals surface area contributed by atoms with Crippen molar-refractivity contribution >= 4 is 5.97 Å². The molecule has 0 aromatic heterocycles. The Morgan fingerprint density at radius 3 is 2.41 bits per heavy atom. The molecule has 144 valence electrons. The lowest BCUT2D eigenvalue weighted by Gasteiger charge is -2.36. The second kappa shape index (κ2) is 8.44. The molecule has 0 aliphatic heterocycles. The fourth-order valence-corrected chi connectivity index (χ4v) is 4.15. The van der Waals surface area contributed by atoms with Crippen LogP contribution in [0.3, 0.4) is 0 Å². The third-order valence-electron chi connectivity index (χ3n) is 5.37. The fourth-order valence-electron chi connectivity index (χ4n) is 4.15. The minimum absolute atomic E-state index is 0.0568. The normalized spacial score (nSPS) is 18.8. The SMILES string of the molecule is COc1ccc([C@@H]2c3ccc(OC)cc3CC[C@@H]2CN(C)CC(=O)O)cc1. The number of hydrogen-bond donors (Lipinski definition) is 1. The van der Waals surface area contributed by atoms with E-state index in [4.69, 9.17) is 14.6 Å². The van der Waals surface area contributed by atoms with E-state index in [1.54, 1.807) is 14.2 Å². The minimum Gasteiger partial charge on any atom is -0.497 e. The van der Waals surface area contributed by atoms with Gasteiger partial charge in [-0.2, -0.15) is 0 Å². The van der Waals surface area contributed by atoms with Crippen LogP contribution in [0.4, 0.5) is 0 Å². The van der Waals surface area contributed by atoms with Crippen LogP contribution < -0.4 is 9.47 Å². The zero-order chi connectivity index (χ0) is 19.4. The lowest BCUT2D eigenvalue weighted by molar-refractivity contribution is -0.138. The Hall–Kier alpha value is -2.53. The van der Waals surface area contributed by atoms with Gasteiger partial charge in [-0.05, 0) is 66.8 Å². The Labute approximate surface area is 160 Å². The van der Waals surface area contributed by atoms with Gasteiger partial charge in [0, 0.05) is 12.5 Å². The van der Waals surface area contributed by atoms with Crippen LogP contribution in [-0.4, -0.2) is 50.3 Å². The lowest BCUT2D eigenvalue weighted by atomic mass is 9.71. The number of benzene rings is 2. The largest absolute Gasteiger partial charge is 0.497 e. The summed E-state index contributed by atoms with van der Waals surface area (Å²) in [7, 11) is 5.23. The van der Waals surface area contributed by atoms with Gasteiger partial charge in [-0.25, -0.2) is 0 Å². The third kappa shape index (κ3) is 4.42. The molecule has 2 aromatic carbocycles. The molecule has 1 aliphatic carbocycles. The standard InChI is InChI=1S/C22H27NO4/c1-23(14-21(24)25)13-17-5-4-16-12-19(27-3)10-11-20(16)22(17)15-6-8-18(26-2)9-7-15/h6-12,17,22H,4-5,13-14H2,1-3H3,(H,24,25)/t17-,22+/m1/s1. The summed E-state index contributed by atoms with van der Waals surface area (Å²) in [6, 6.07) is 14.5. The number of rotatable bonds is 7. The predicted octanol–water partition coefficient (Wildman–Crippen LogP) is 3.41. The van der Waals surface area contributed by atoms with Crippen molar-refractivity contribution in [2.24, 2.45) is 5.92 Å². The van der Waals surface area contributed by atoms with E-state index >= 15 is 0 Å². The molecule has 0 spiro atoms. The van der Waals surface area contributed by atoms with Crippen LogP contribution in [0.1, 0.15) is 29.0 Å². The van der Waals surface area contributed by atoms with Crippen molar-refractivity contribution in [3.63, 3.8) is 0 Å². The summed E-state index contributed by atoms with van der Waals surface area (Å²) in [5.41, 5.74) is 3.85. The van der Waals surface area contributed by atoms with Crippen LogP contribution in [0.2, 0.25) is 0 Å². The maximum atomic E-state index is 11.1. The zero-order valence-electron chi connectivity index (χ0n) is 16.1. The first-order valence-corrected chi connectivity index (χ1v) is 9.23. The minimum atomic E-state index is -0.792. The Morgan fingerprint density at radius 2 is 1.78 bits per heavy atom. The van der Waals surface area contributed by atoms with E-state index in [0.29, 0.717) is 5.92 Å². The van der Waals surface area contributed by atoms with Gasteiger partial charge >= 0.3 is 5.97 Å².